The number of nitrogens with zero attached hydrogens (tertiary/aromatic N) is 1. The van der Waals surface area contributed by atoms with Gasteiger partial charge in [0.05, 0.1) is 122 Å². The number of benzene rings is 2. The maximum atomic E-state index is 14.0. The lowest BCUT2D eigenvalue weighted by Gasteiger charge is -2.39. The third-order valence-electron chi connectivity index (χ3n) is 10.0. The predicted molar refractivity (Wildman–Crippen MR) is 221 cm³/mol. The largest absolute Gasteiger partial charge is 0.481 e. The standard InChI is InChI=1S/C42H66N2O13S/c1-5-7-15-42(6-2)32-58(49,50)37-12-11-35(44(3)4)31-36(37)40(41(42)48)33-9-8-10-34(30-33)43-38(45)13-16-51-18-20-53-22-24-55-26-28-57-29-27-56-25-23-54-21-19-52-17-14-39(46)47/h8-12,30-31,40-41,48H,5-7,13-29,32H2,1-4H3,(H,43,45)(H,46,47). The summed E-state index contributed by atoms with van der Waals surface area (Å²) in [6.07, 6.45) is 1.94. The number of anilines is 2. The molecule has 328 valence electrons. The van der Waals surface area contributed by atoms with Crippen molar-refractivity contribution in [3.05, 3.63) is 53.6 Å². The number of aliphatic hydroxyl groups is 1. The Hall–Kier alpha value is -3.19. The number of carbonyl (C=O) groups is 2. The fourth-order valence-corrected chi connectivity index (χ4v) is 9.04. The Labute approximate surface area is 344 Å². The molecule has 1 heterocycles. The second-order valence-corrected chi connectivity index (χ2v) is 16.4. The number of hydrogen-bond acceptors (Lipinski definition) is 13. The van der Waals surface area contributed by atoms with Crippen LogP contribution >= 0.6 is 0 Å². The molecule has 3 atom stereocenters. The second kappa shape index (κ2) is 26.8. The van der Waals surface area contributed by atoms with Crippen LogP contribution in [0, 0.1) is 5.41 Å². The molecule has 0 aromatic heterocycles. The van der Waals surface area contributed by atoms with E-state index in [0.29, 0.717) is 103 Å². The lowest BCUT2D eigenvalue weighted by Crippen LogP contribution is -2.42. The minimum Gasteiger partial charge on any atom is -0.481 e. The number of rotatable bonds is 31. The van der Waals surface area contributed by atoms with Crippen molar-refractivity contribution < 1.29 is 61.4 Å². The van der Waals surface area contributed by atoms with Crippen LogP contribution in [0.1, 0.15) is 69.4 Å². The number of unbranched alkanes of at least 4 members (excludes halogenated alkanes) is 1. The lowest BCUT2D eigenvalue weighted by molar-refractivity contribution is -0.138. The Balaban J connectivity index is 1.34. The number of hydrogen-bond donors (Lipinski definition) is 3. The van der Waals surface area contributed by atoms with Gasteiger partial charge in [-0.05, 0) is 54.3 Å². The van der Waals surface area contributed by atoms with Crippen molar-refractivity contribution in [3.8, 4) is 0 Å². The summed E-state index contributed by atoms with van der Waals surface area (Å²) >= 11 is 0. The van der Waals surface area contributed by atoms with E-state index >= 15 is 0 Å². The summed E-state index contributed by atoms with van der Waals surface area (Å²) in [6, 6.07) is 12.7. The van der Waals surface area contributed by atoms with Crippen LogP contribution < -0.4 is 10.2 Å². The highest BCUT2D eigenvalue weighted by atomic mass is 32.2. The average molecular weight is 839 g/mol. The van der Waals surface area contributed by atoms with Crippen molar-refractivity contribution in [2.75, 3.05) is 123 Å². The minimum atomic E-state index is -3.71. The number of carboxylic acids is 1. The Bertz CT molecular complexity index is 1610. The molecule has 16 heteroatoms. The topological polar surface area (TPSA) is 189 Å². The summed E-state index contributed by atoms with van der Waals surface area (Å²) in [5.74, 6) is -1.86. The molecule has 1 aliphatic heterocycles. The summed E-state index contributed by atoms with van der Waals surface area (Å²) in [7, 11) is 0.0912. The highest BCUT2D eigenvalue weighted by Crippen LogP contribution is 2.49. The quantitative estimate of drug-likeness (QED) is 0.0899. The molecule has 0 aliphatic carbocycles. The normalized spacial score (nSPS) is 18.7. The first-order valence-electron chi connectivity index (χ1n) is 20.3. The number of aliphatic carboxylic acids is 1. The predicted octanol–water partition coefficient (Wildman–Crippen LogP) is 4.54. The Morgan fingerprint density at radius 3 is 1.76 bits per heavy atom. The monoisotopic (exact) mass is 838 g/mol. The zero-order valence-electron chi connectivity index (χ0n) is 34.8. The van der Waals surface area contributed by atoms with Crippen LogP contribution in [0.25, 0.3) is 0 Å². The van der Waals surface area contributed by atoms with E-state index in [2.05, 4.69) is 12.2 Å². The third kappa shape index (κ3) is 16.8. The molecule has 15 nitrogen and oxygen atoms in total. The molecule has 2 aromatic carbocycles. The summed E-state index contributed by atoms with van der Waals surface area (Å²) in [5.41, 5.74) is 1.87. The molecule has 0 radical (unpaired) electrons. The first kappa shape index (κ1) is 49.2. The van der Waals surface area contributed by atoms with Gasteiger partial charge in [0.2, 0.25) is 5.91 Å². The van der Waals surface area contributed by atoms with Crippen molar-refractivity contribution in [2.45, 2.75) is 69.3 Å². The van der Waals surface area contributed by atoms with Crippen molar-refractivity contribution >= 4 is 33.1 Å². The van der Waals surface area contributed by atoms with E-state index in [-0.39, 0.29) is 42.6 Å². The van der Waals surface area contributed by atoms with Gasteiger partial charge in [0.25, 0.3) is 0 Å². The van der Waals surface area contributed by atoms with Crippen LogP contribution in [0.2, 0.25) is 0 Å². The Kier molecular flexibility index (Phi) is 22.7. The van der Waals surface area contributed by atoms with Gasteiger partial charge < -0.3 is 53.6 Å². The average Bonchev–Trinajstić information content (AvgIpc) is 3.26. The van der Waals surface area contributed by atoms with Crippen LogP contribution in [0.15, 0.2) is 47.4 Å². The molecule has 3 unspecified atom stereocenters. The molecule has 0 saturated heterocycles. The number of sulfone groups is 1. The summed E-state index contributed by atoms with van der Waals surface area (Å²) < 4.78 is 65.9. The van der Waals surface area contributed by atoms with Gasteiger partial charge in [-0.2, -0.15) is 0 Å². The molecule has 3 rings (SSSR count). The van der Waals surface area contributed by atoms with Crippen molar-refractivity contribution in [1.82, 2.24) is 0 Å². The van der Waals surface area contributed by atoms with Crippen LogP contribution in [-0.2, 0) is 52.6 Å². The number of carboxylic acid groups (broad SMARTS) is 1. The van der Waals surface area contributed by atoms with Crippen LogP contribution in [0.5, 0.6) is 0 Å². The van der Waals surface area contributed by atoms with E-state index in [1.807, 2.05) is 50.2 Å². The van der Waals surface area contributed by atoms with Gasteiger partial charge in [0.1, 0.15) is 0 Å². The number of fused-ring (bicyclic) bond motifs is 1. The van der Waals surface area contributed by atoms with Gasteiger partial charge in [-0.1, -0.05) is 38.8 Å². The van der Waals surface area contributed by atoms with Crippen LogP contribution in [0.4, 0.5) is 11.4 Å². The van der Waals surface area contributed by atoms with Crippen LogP contribution in [-0.4, -0.2) is 149 Å². The van der Waals surface area contributed by atoms with E-state index in [1.54, 1.807) is 18.2 Å². The second-order valence-electron chi connectivity index (χ2n) is 14.5. The SMILES string of the molecule is CCCCC1(CC)CS(=O)(=O)c2ccc(N(C)C)cc2C(c2cccc(NC(=O)CCOCCOCCOCCOCCOCCOCCOCCC(=O)O)c2)C1O. The Morgan fingerprint density at radius 2 is 1.28 bits per heavy atom. The van der Waals surface area contributed by atoms with Gasteiger partial charge in [-0.25, -0.2) is 8.42 Å². The summed E-state index contributed by atoms with van der Waals surface area (Å²) in [5, 5.41) is 23.7. The fourth-order valence-electron chi connectivity index (χ4n) is 6.78. The van der Waals surface area contributed by atoms with E-state index in [0.717, 1.165) is 24.1 Å². The smallest absolute Gasteiger partial charge is 0.305 e. The number of ether oxygens (including phenoxy) is 7. The molecule has 0 saturated carbocycles. The van der Waals surface area contributed by atoms with Gasteiger partial charge in [0.15, 0.2) is 9.84 Å². The van der Waals surface area contributed by atoms with E-state index in [9.17, 15) is 23.1 Å². The summed E-state index contributed by atoms with van der Waals surface area (Å²) in [6.45, 7) is 9.20. The molecule has 0 fully saturated rings. The molecule has 1 amide bonds. The highest BCUT2D eigenvalue weighted by Gasteiger charge is 2.49. The van der Waals surface area contributed by atoms with E-state index < -0.39 is 33.2 Å². The lowest BCUT2D eigenvalue weighted by atomic mass is 9.69. The van der Waals surface area contributed by atoms with Gasteiger partial charge in [-0.3, -0.25) is 9.59 Å². The van der Waals surface area contributed by atoms with Crippen LogP contribution in [0.3, 0.4) is 0 Å². The van der Waals surface area contributed by atoms with E-state index in [4.69, 9.17) is 38.3 Å². The number of amides is 1. The first-order valence-corrected chi connectivity index (χ1v) is 22.0. The zero-order valence-corrected chi connectivity index (χ0v) is 35.6. The molecule has 1 aliphatic rings. The minimum absolute atomic E-state index is 0.0202. The number of aliphatic hydroxyl groups excluding tert-OH is 1. The molecular formula is C42H66N2O13S. The van der Waals surface area contributed by atoms with E-state index in [1.165, 1.54) is 0 Å². The molecule has 3 N–H and O–H groups in total. The summed E-state index contributed by atoms with van der Waals surface area (Å²) in [4.78, 5) is 25.5. The van der Waals surface area contributed by atoms with Gasteiger partial charge >= 0.3 is 5.97 Å². The number of nitrogens with one attached hydrogen (secondary N) is 1. The number of carbonyl (C=O) groups excluding carboxylic acids is 1. The molecule has 0 bridgehead atoms. The molecule has 58 heavy (non-hydrogen) atoms. The van der Waals surface area contributed by atoms with Gasteiger partial charge in [0, 0.05) is 36.8 Å². The molecule has 2 aromatic rings. The van der Waals surface area contributed by atoms with Gasteiger partial charge in [-0.15, -0.1) is 0 Å². The van der Waals surface area contributed by atoms with Crippen molar-refractivity contribution in [3.63, 3.8) is 0 Å². The van der Waals surface area contributed by atoms with Crippen molar-refractivity contribution in [1.29, 1.82) is 0 Å². The first-order chi connectivity index (χ1) is 27.9. The third-order valence-corrected chi connectivity index (χ3v) is 12.0. The van der Waals surface area contributed by atoms with Crippen molar-refractivity contribution in [2.24, 2.45) is 5.41 Å². The fraction of sp³-hybridized carbons (Fsp3) is 0.667. The Morgan fingerprint density at radius 1 is 0.759 bits per heavy atom. The maximum Gasteiger partial charge on any atom is 0.305 e. The zero-order chi connectivity index (χ0) is 42.2. The molecule has 0 spiro atoms. The molecular weight excluding hydrogens is 773 g/mol. The maximum absolute atomic E-state index is 14.0. The highest BCUT2D eigenvalue weighted by molar-refractivity contribution is 7.91.